The molecule has 2 saturated heterocycles. The number of nitrogens with one attached hydrogen (secondary N) is 1. The summed E-state index contributed by atoms with van der Waals surface area (Å²) < 4.78 is 11.5. The third kappa shape index (κ3) is 3.45. The van der Waals surface area contributed by atoms with Crippen LogP contribution in [0, 0.1) is 25.7 Å². The van der Waals surface area contributed by atoms with E-state index in [9.17, 15) is 14.4 Å². The highest BCUT2D eigenvalue weighted by atomic mass is 16.6. The molecule has 31 heavy (non-hydrogen) atoms. The Morgan fingerprint density at radius 2 is 1.90 bits per heavy atom. The maximum absolute atomic E-state index is 13.4. The molecule has 2 amide bonds. The topological polar surface area (TPSA) is 84.9 Å². The van der Waals surface area contributed by atoms with Gasteiger partial charge in [-0.15, -0.1) is 0 Å². The summed E-state index contributed by atoms with van der Waals surface area (Å²) in [5.41, 5.74) is 2.15. The molecule has 1 aromatic carbocycles. The first-order valence-corrected chi connectivity index (χ1v) is 11.1. The number of carbonyl (C=O) groups is 3. The predicted molar refractivity (Wildman–Crippen MR) is 113 cm³/mol. The van der Waals surface area contributed by atoms with Gasteiger partial charge in [-0.3, -0.25) is 14.4 Å². The van der Waals surface area contributed by atoms with Gasteiger partial charge in [-0.25, -0.2) is 0 Å². The van der Waals surface area contributed by atoms with Gasteiger partial charge in [0.25, 0.3) is 5.91 Å². The van der Waals surface area contributed by atoms with Crippen LogP contribution >= 0.6 is 0 Å². The number of carbonyl (C=O) groups excluding carboxylic acids is 3. The summed E-state index contributed by atoms with van der Waals surface area (Å²) in [6.07, 6.45) is 7.44. The quantitative estimate of drug-likeness (QED) is 0.579. The Hall–Kier alpha value is -2.67. The molecule has 3 fully saturated rings. The number of fused-ring (bicyclic) bond motifs is 1. The Morgan fingerprint density at radius 1 is 1.19 bits per heavy atom. The number of esters is 1. The molecule has 1 aromatic rings. The smallest absolute Gasteiger partial charge is 0.313 e. The second kappa shape index (κ2) is 7.48. The maximum Gasteiger partial charge on any atom is 0.313 e. The van der Waals surface area contributed by atoms with E-state index in [0.717, 1.165) is 42.5 Å². The lowest BCUT2D eigenvalue weighted by Crippen LogP contribution is -2.41. The van der Waals surface area contributed by atoms with Crippen LogP contribution in [0.4, 0.5) is 5.69 Å². The maximum atomic E-state index is 13.4. The fourth-order valence-electron chi connectivity index (χ4n) is 5.66. The molecule has 3 heterocycles. The number of hydrogen-bond donors (Lipinski definition) is 1. The molecule has 0 unspecified atom stereocenters. The van der Waals surface area contributed by atoms with E-state index in [1.165, 1.54) is 0 Å². The van der Waals surface area contributed by atoms with Gasteiger partial charge in [-0.05, 0) is 49.9 Å². The SMILES string of the molecule is Cc1cc(C)cc(N2C[C@]34C=C[C@H](O3)[C@@H](C(=O)OCC(=O)NC3CCCC3)[C@@H]4C2=O)c1. The van der Waals surface area contributed by atoms with Crippen molar-refractivity contribution in [3.63, 3.8) is 0 Å². The minimum atomic E-state index is -0.810. The van der Waals surface area contributed by atoms with E-state index in [4.69, 9.17) is 9.47 Å². The molecule has 1 N–H and O–H groups in total. The first-order chi connectivity index (χ1) is 14.9. The Bertz CT molecular complexity index is 946. The van der Waals surface area contributed by atoms with Crippen LogP contribution in [0.2, 0.25) is 0 Å². The van der Waals surface area contributed by atoms with Crippen LogP contribution in [0.3, 0.4) is 0 Å². The lowest BCUT2D eigenvalue weighted by atomic mass is 9.77. The third-order valence-corrected chi connectivity index (χ3v) is 6.96. The van der Waals surface area contributed by atoms with Gasteiger partial charge in [-0.1, -0.05) is 31.1 Å². The van der Waals surface area contributed by atoms with E-state index in [0.29, 0.717) is 6.54 Å². The van der Waals surface area contributed by atoms with E-state index in [1.807, 2.05) is 38.1 Å². The highest BCUT2D eigenvalue weighted by molar-refractivity contribution is 6.02. The Balaban J connectivity index is 1.30. The molecule has 5 rings (SSSR count). The van der Waals surface area contributed by atoms with Crippen molar-refractivity contribution in [1.82, 2.24) is 5.32 Å². The molecule has 2 bridgehead atoms. The summed E-state index contributed by atoms with van der Waals surface area (Å²) in [5.74, 6) is -2.32. The van der Waals surface area contributed by atoms with Crippen molar-refractivity contribution < 1.29 is 23.9 Å². The van der Waals surface area contributed by atoms with Crippen LogP contribution in [-0.4, -0.2) is 48.7 Å². The van der Waals surface area contributed by atoms with Crippen LogP contribution in [-0.2, 0) is 23.9 Å². The zero-order valence-corrected chi connectivity index (χ0v) is 17.9. The molecule has 4 atom stereocenters. The summed E-state index contributed by atoms with van der Waals surface area (Å²) in [7, 11) is 0. The van der Waals surface area contributed by atoms with Crippen molar-refractivity contribution in [1.29, 1.82) is 0 Å². The molecule has 0 radical (unpaired) electrons. The van der Waals surface area contributed by atoms with Crippen LogP contribution in [0.1, 0.15) is 36.8 Å². The van der Waals surface area contributed by atoms with Crippen molar-refractivity contribution in [2.75, 3.05) is 18.1 Å². The molecular formula is C24H28N2O5. The van der Waals surface area contributed by atoms with Gasteiger partial charge in [0.05, 0.1) is 18.6 Å². The molecule has 1 aliphatic carbocycles. The van der Waals surface area contributed by atoms with Crippen LogP contribution in [0.15, 0.2) is 30.4 Å². The van der Waals surface area contributed by atoms with Crippen molar-refractivity contribution >= 4 is 23.5 Å². The lowest BCUT2D eigenvalue weighted by molar-refractivity contribution is -0.155. The lowest BCUT2D eigenvalue weighted by Gasteiger charge is -2.23. The molecule has 7 nitrogen and oxygen atoms in total. The van der Waals surface area contributed by atoms with E-state index in [-0.39, 0.29) is 24.5 Å². The second-order valence-electron chi connectivity index (χ2n) is 9.33. The number of amides is 2. The molecular weight excluding hydrogens is 396 g/mol. The first kappa shape index (κ1) is 20.2. The number of nitrogens with zero attached hydrogens (tertiary/aromatic N) is 1. The minimum absolute atomic E-state index is 0.130. The largest absolute Gasteiger partial charge is 0.455 e. The van der Waals surface area contributed by atoms with Crippen molar-refractivity contribution in [3.05, 3.63) is 41.5 Å². The summed E-state index contributed by atoms with van der Waals surface area (Å²) in [6.45, 7) is 4.04. The van der Waals surface area contributed by atoms with Crippen LogP contribution in [0.25, 0.3) is 0 Å². The van der Waals surface area contributed by atoms with Gasteiger partial charge in [0, 0.05) is 11.7 Å². The first-order valence-electron chi connectivity index (χ1n) is 11.1. The number of rotatable bonds is 5. The van der Waals surface area contributed by atoms with Gasteiger partial charge in [-0.2, -0.15) is 0 Å². The summed E-state index contributed by atoms with van der Waals surface area (Å²) in [5, 5.41) is 2.92. The molecule has 0 aromatic heterocycles. The van der Waals surface area contributed by atoms with Crippen molar-refractivity contribution in [3.8, 4) is 0 Å². The molecule has 1 spiro atoms. The number of anilines is 1. The molecule has 3 aliphatic heterocycles. The zero-order chi connectivity index (χ0) is 21.8. The van der Waals surface area contributed by atoms with Gasteiger partial charge < -0.3 is 19.7 Å². The molecule has 164 valence electrons. The van der Waals surface area contributed by atoms with Crippen molar-refractivity contribution in [2.24, 2.45) is 11.8 Å². The Kier molecular flexibility index (Phi) is 4.88. The normalized spacial score (nSPS) is 31.4. The summed E-state index contributed by atoms with van der Waals surface area (Å²) in [4.78, 5) is 40.2. The average molecular weight is 424 g/mol. The van der Waals surface area contributed by atoms with E-state index >= 15 is 0 Å². The molecule has 1 saturated carbocycles. The highest BCUT2D eigenvalue weighted by Crippen LogP contribution is 2.53. The second-order valence-corrected chi connectivity index (χ2v) is 9.33. The predicted octanol–water partition coefficient (Wildman–Crippen LogP) is 2.19. The highest BCUT2D eigenvalue weighted by Gasteiger charge is 2.67. The monoisotopic (exact) mass is 424 g/mol. The van der Waals surface area contributed by atoms with Crippen LogP contribution in [0.5, 0.6) is 0 Å². The summed E-state index contributed by atoms with van der Waals surface area (Å²) in [6, 6.07) is 6.17. The number of aryl methyl sites for hydroxylation is 2. The van der Waals surface area contributed by atoms with Gasteiger partial charge >= 0.3 is 5.97 Å². The molecule has 4 aliphatic rings. The minimum Gasteiger partial charge on any atom is -0.455 e. The van der Waals surface area contributed by atoms with Crippen molar-refractivity contribution in [2.45, 2.75) is 57.3 Å². The summed E-state index contributed by atoms with van der Waals surface area (Å²) >= 11 is 0. The number of ether oxygens (including phenoxy) is 2. The van der Waals surface area contributed by atoms with Gasteiger partial charge in [0.1, 0.15) is 11.5 Å². The fourth-order valence-corrected chi connectivity index (χ4v) is 5.66. The van der Waals surface area contributed by atoms with E-state index in [2.05, 4.69) is 11.4 Å². The zero-order valence-electron chi connectivity index (χ0n) is 17.9. The Morgan fingerprint density at radius 3 is 2.61 bits per heavy atom. The van der Waals surface area contributed by atoms with Gasteiger partial charge in [0.15, 0.2) is 6.61 Å². The van der Waals surface area contributed by atoms with E-state index < -0.39 is 29.5 Å². The van der Waals surface area contributed by atoms with E-state index in [1.54, 1.807) is 4.90 Å². The van der Waals surface area contributed by atoms with Crippen LogP contribution < -0.4 is 10.2 Å². The Labute approximate surface area is 181 Å². The fraction of sp³-hybridized carbons (Fsp3) is 0.542. The number of benzene rings is 1. The molecule has 7 heteroatoms. The average Bonchev–Trinajstić information content (AvgIpc) is 3.48. The van der Waals surface area contributed by atoms with Gasteiger partial charge in [0.2, 0.25) is 5.91 Å². The third-order valence-electron chi connectivity index (χ3n) is 6.96. The standard InChI is InChI=1S/C24H28N2O5/c1-14-9-15(2)11-17(10-14)26-13-24-8-7-18(31-24)20(21(24)22(26)28)23(29)30-12-19(27)25-16-5-3-4-6-16/h7-11,16,18,20-21H,3-6,12-13H2,1-2H3,(H,25,27)/t18-,20+,21+,24-/m0/s1. The number of hydrogen-bond acceptors (Lipinski definition) is 5.